The lowest BCUT2D eigenvalue weighted by Gasteiger charge is -2.52. The highest BCUT2D eigenvalue weighted by molar-refractivity contribution is 6.30. The highest BCUT2D eigenvalue weighted by Crippen LogP contribution is 2.43. The molecule has 0 spiro atoms. The normalized spacial score (nSPS) is 25.8. The minimum Gasteiger partial charge on any atom is -0.338 e. The summed E-state index contributed by atoms with van der Waals surface area (Å²) >= 11 is 6.25. The summed E-state index contributed by atoms with van der Waals surface area (Å²) in [5.41, 5.74) is 4.07. The van der Waals surface area contributed by atoms with Crippen LogP contribution in [0.15, 0.2) is 48.5 Å². The van der Waals surface area contributed by atoms with Crippen molar-refractivity contribution in [1.82, 2.24) is 15.1 Å². The number of urea groups is 1. The number of fused-ring (bicyclic) bond motifs is 4. The summed E-state index contributed by atoms with van der Waals surface area (Å²) in [6.07, 6.45) is 5.32. The first-order valence-electron chi connectivity index (χ1n) is 11.3. The Kier molecular flexibility index (Phi) is 5.70. The molecule has 2 aromatic rings. The van der Waals surface area contributed by atoms with Gasteiger partial charge in [0.15, 0.2) is 0 Å². The third kappa shape index (κ3) is 3.95. The van der Waals surface area contributed by atoms with Gasteiger partial charge in [-0.2, -0.15) is 0 Å². The number of likely N-dealkylation sites (tertiary alicyclic amines) is 1. The molecule has 2 amide bonds. The van der Waals surface area contributed by atoms with Gasteiger partial charge >= 0.3 is 6.03 Å². The van der Waals surface area contributed by atoms with Crippen LogP contribution in [0.25, 0.3) is 0 Å². The van der Waals surface area contributed by atoms with Crippen LogP contribution >= 0.6 is 11.6 Å². The van der Waals surface area contributed by atoms with Crippen LogP contribution in [0.5, 0.6) is 0 Å². The largest absolute Gasteiger partial charge is 0.338 e. The summed E-state index contributed by atoms with van der Waals surface area (Å²) in [5, 5.41) is 4.02. The van der Waals surface area contributed by atoms with Gasteiger partial charge in [-0.1, -0.05) is 48.0 Å². The fourth-order valence-electron chi connectivity index (χ4n) is 5.74. The van der Waals surface area contributed by atoms with Crippen molar-refractivity contribution in [1.29, 1.82) is 0 Å². The Bertz CT molecular complexity index is 903. The summed E-state index contributed by atoms with van der Waals surface area (Å²) in [7, 11) is 0. The quantitative estimate of drug-likeness (QED) is 0.778. The van der Waals surface area contributed by atoms with E-state index in [9.17, 15) is 4.79 Å². The van der Waals surface area contributed by atoms with Gasteiger partial charge in [0.1, 0.15) is 0 Å². The van der Waals surface area contributed by atoms with Crippen LogP contribution < -0.4 is 5.32 Å². The van der Waals surface area contributed by atoms with Crippen molar-refractivity contribution in [2.45, 2.75) is 44.2 Å². The number of nitrogens with zero attached hydrogens (tertiary/aromatic N) is 2. The minimum absolute atomic E-state index is 0.112. The summed E-state index contributed by atoms with van der Waals surface area (Å²) in [4.78, 5) is 17.9. The van der Waals surface area contributed by atoms with Crippen LogP contribution in [0.1, 0.15) is 42.0 Å². The molecule has 3 aliphatic heterocycles. The Morgan fingerprint density at radius 1 is 1.13 bits per heavy atom. The molecule has 3 aliphatic rings. The molecule has 2 saturated heterocycles. The van der Waals surface area contributed by atoms with Gasteiger partial charge in [0.25, 0.3) is 0 Å². The van der Waals surface area contributed by atoms with Crippen molar-refractivity contribution in [3.63, 3.8) is 0 Å². The standard InChI is InChI=1S/C25H30ClN3O/c26-21-8-9-22-19(15-21)11-14-28-17-20-7-4-13-29(23(20)16-24(22)28)25(30)27-12-10-18-5-2-1-3-6-18/h1-3,5-6,8-9,15,20,23-24H,4,7,10-14,16-17H2,(H,27,30)/t20-,23+,24+/m1/s1. The van der Waals surface area contributed by atoms with E-state index < -0.39 is 0 Å². The first kappa shape index (κ1) is 19.9. The van der Waals surface area contributed by atoms with Crippen LogP contribution in [-0.2, 0) is 12.8 Å². The van der Waals surface area contributed by atoms with Gasteiger partial charge in [-0.05, 0) is 66.8 Å². The topological polar surface area (TPSA) is 35.6 Å². The zero-order valence-electron chi connectivity index (χ0n) is 17.4. The lowest BCUT2D eigenvalue weighted by molar-refractivity contribution is 0.00579. The fraction of sp³-hybridized carbons (Fsp3) is 0.480. The monoisotopic (exact) mass is 423 g/mol. The van der Waals surface area contributed by atoms with E-state index >= 15 is 0 Å². The van der Waals surface area contributed by atoms with E-state index in [0.717, 1.165) is 50.3 Å². The summed E-state index contributed by atoms with van der Waals surface area (Å²) in [6.45, 7) is 3.77. The molecule has 1 N–H and O–H groups in total. The van der Waals surface area contributed by atoms with Gasteiger partial charge in [0.2, 0.25) is 0 Å². The minimum atomic E-state index is 0.112. The van der Waals surface area contributed by atoms with Crippen molar-refractivity contribution in [2.75, 3.05) is 26.2 Å². The zero-order valence-corrected chi connectivity index (χ0v) is 18.2. The van der Waals surface area contributed by atoms with Crippen LogP contribution in [-0.4, -0.2) is 48.1 Å². The number of amides is 2. The predicted molar refractivity (Wildman–Crippen MR) is 121 cm³/mol. The second-order valence-corrected chi connectivity index (χ2v) is 9.41. The third-order valence-corrected chi connectivity index (χ3v) is 7.45. The van der Waals surface area contributed by atoms with Crippen LogP contribution in [0.2, 0.25) is 5.02 Å². The maximum atomic E-state index is 13.1. The van der Waals surface area contributed by atoms with E-state index in [1.807, 2.05) is 12.1 Å². The molecule has 5 rings (SSSR count). The number of carbonyl (C=O) groups excluding carboxylic acids is 1. The molecule has 3 atom stereocenters. The Labute approximate surface area is 184 Å². The second-order valence-electron chi connectivity index (χ2n) is 8.97. The van der Waals surface area contributed by atoms with E-state index in [-0.39, 0.29) is 6.03 Å². The number of piperidine rings is 2. The van der Waals surface area contributed by atoms with E-state index in [2.05, 4.69) is 51.5 Å². The van der Waals surface area contributed by atoms with Crippen molar-refractivity contribution in [3.05, 3.63) is 70.2 Å². The van der Waals surface area contributed by atoms with Crippen LogP contribution in [0.4, 0.5) is 4.79 Å². The Morgan fingerprint density at radius 2 is 2.00 bits per heavy atom. The molecule has 0 saturated carbocycles. The molecule has 2 fully saturated rings. The van der Waals surface area contributed by atoms with E-state index in [1.165, 1.54) is 23.1 Å². The molecule has 0 aromatic heterocycles. The fourth-order valence-corrected chi connectivity index (χ4v) is 5.93. The van der Waals surface area contributed by atoms with Gasteiger partial charge in [-0.3, -0.25) is 4.90 Å². The molecule has 0 unspecified atom stereocenters. The molecule has 158 valence electrons. The van der Waals surface area contributed by atoms with Gasteiger partial charge in [-0.15, -0.1) is 0 Å². The first-order valence-corrected chi connectivity index (χ1v) is 11.7. The lowest BCUT2D eigenvalue weighted by atomic mass is 9.77. The highest BCUT2D eigenvalue weighted by atomic mass is 35.5. The number of hydrogen-bond acceptors (Lipinski definition) is 2. The molecular formula is C25H30ClN3O. The summed E-state index contributed by atoms with van der Waals surface area (Å²) in [6, 6.07) is 17.6. The van der Waals surface area contributed by atoms with Crippen molar-refractivity contribution < 1.29 is 4.79 Å². The smallest absolute Gasteiger partial charge is 0.317 e. The van der Waals surface area contributed by atoms with Gasteiger partial charge in [0, 0.05) is 43.3 Å². The Balaban J connectivity index is 1.27. The first-order chi connectivity index (χ1) is 14.7. The average molecular weight is 424 g/mol. The maximum Gasteiger partial charge on any atom is 0.317 e. The third-order valence-electron chi connectivity index (χ3n) is 7.22. The average Bonchev–Trinajstić information content (AvgIpc) is 2.77. The number of halogens is 1. The number of hydrogen-bond donors (Lipinski definition) is 1. The highest BCUT2D eigenvalue weighted by Gasteiger charge is 2.43. The molecule has 5 heteroatoms. The number of carbonyl (C=O) groups is 1. The van der Waals surface area contributed by atoms with Crippen molar-refractivity contribution >= 4 is 17.6 Å². The molecule has 2 aromatic carbocycles. The number of rotatable bonds is 3. The summed E-state index contributed by atoms with van der Waals surface area (Å²) < 4.78 is 0. The van der Waals surface area contributed by atoms with Crippen molar-refractivity contribution in [2.24, 2.45) is 5.92 Å². The van der Waals surface area contributed by atoms with E-state index in [4.69, 9.17) is 11.6 Å². The lowest BCUT2D eigenvalue weighted by Crippen LogP contribution is -2.59. The van der Waals surface area contributed by atoms with Gasteiger partial charge in [0.05, 0.1) is 0 Å². The molecule has 0 radical (unpaired) electrons. The molecule has 0 aliphatic carbocycles. The number of benzene rings is 2. The molecule has 0 bridgehead atoms. The SMILES string of the molecule is O=C(NCCc1ccccc1)N1CCC[C@@H]2CN3CCc4cc(Cl)ccc4[C@@H]3C[C@@H]21. The Morgan fingerprint density at radius 3 is 2.87 bits per heavy atom. The van der Waals surface area contributed by atoms with Crippen LogP contribution in [0.3, 0.4) is 0 Å². The molecule has 4 nitrogen and oxygen atoms in total. The second kappa shape index (κ2) is 8.60. The zero-order chi connectivity index (χ0) is 20.5. The van der Waals surface area contributed by atoms with Crippen LogP contribution in [0, 0.1) is 5.92 Å². The van der Waals surface area contributed by atoms with Gasteiger partial charge < -0.3 is 10.2 Å². The van der Waals surface area contributed by atoms with E-state index in [1.54, 1.807) is 0 Å². The van der Waals surface area contributed by atoms with Gasteiger partial charge in [-0.25, -0.2) is 4.79 Å². The summed E-state index contributed by atoms with van der Waals surface area (Å²) in [5.74, 6) is 0.587. The Hall–Kier alpha value is -2.04. The molecule has 30 heavy (non-hydrogen) atoms. The molecular weight excluding hydrogens is 394 g/mol. The van der Waals surface area contributed by atoms with Crippen molar-refractivity contribution in [3.8, 4) is 0 Å². The number of nitrogens with one attached hydrogen (secondary N) is 1. The maximum absolute atomic E-state index is 13.1. The molecule has 3 heterocycles. The predicted octanol–water partition coefficient (Wildman–Crippen LogP) is 4.68. The van der Waals surface area contributed by atoms with E-state index in [0.29, 0.717) is 24.5 Å².